The van der Waals surface area contributed by atoms with Gasteiger partial charge in [-0.25, -0.2) is 4.79 Å². The van der Waals surface area contributed by atoms with Gasteiger partial charge in [0.05, 0.1) is 6.10 Å². The molecule has 0 amide bonds. The first-order valence-electron chi connectivity index (χ1n) is 6.36. The van der Waals surface area contributed by atoms with Gasteiger partial charge < -0.3 is 9.84 Å². The number of hydrogen-bond acceptors (Lipinski definition) is 4. The molecule has 4 heteroatoms. The second-order valence-corrected chi connectivity index (χ2v) is 5.22. The molecular weight excluding hydrogens is 244 g/mol. The number of carbonyl (C=O) groups excluding carboxylic acids is 2. The Morgan fingerprint density at radius 2 is 1.84 bits per heavy atom. The molecule has 0 bridgehead atoms. The lowest BCUT2D eigenvalue weighted by molar-refractivity contribution is -0.139. The van der Waals surface area contributed by atoms with Crippen LogP contribution >= 0.6 is 0 Å². The van der Waals surface area contributed by atoms with Crippen LogP contribution in [0.3, 0.4) is 0 Å². The van der Waals surface area contributed by atoms with Gasteiger partial charge in [0.25, 0.3) is 0 Å². The maximum Gasteiger partial charge on any atom is 0.334 e. The Labute approximate surface area is 112 Å². The fourth-order valence-electron chi connectivity index (χ4n) is 2.53. The van der Waals surface area contributed by atoms with Gasteiger partial charge in [0.1, 0.15) is 6.10 Å². The highest BCUT2D eigenvalue weighted by Gasteiger charge is 2.40. The van der Waals surface area contributed by atoms with E-state index in [1.165, 1.54) is 0 Å². The zero-order valence-electron chi connectivity index (χ0n) is 10.9. The predicted octanol–water partition coefficient (Wildman–Crippen LogP) is 1.70. The summed E-state index contributed by atoms with van der Waals surface area (Å²) in [5.74, 6) is -0.795. The molecular formula is C15H18O4. The van der Waals surface area contributed by atoms with Crippen LogP contribution in [0.1, 0.15) is 25.7 Å². The molecule has 1 heterocycles. The quantitative estimate of drug-likeness (QED) is 0.410. The standard InChI is InChI=1S/C15H18O4/c1-8-4-5-12(16)9(2)6-14-11(7-13(8)17)10(3)15(18)19-14/h11,13-14,17H,1-7H2/t11-,13-,14-/m1/s1. The van der Waals surface area contributed by atoms with Gasteiger partial charge in [-0.15, -0.1) is 0 Å². The van der Waals surface area contributed by atoms with E-state index >= 15 is 0 Å². The van der Waals surface area contributed by atoms with Gasteiger partial charge in [-0.3, -0.25) is 4.79 Å². The molecule has 2 fully saturated rings. The zero-order valence-corrected chi connectivity index (χ0v) is 10.9. The predicted molar refractivity (Wildman–Crippen MR) is 70.3 cm³/mol. The molecule has 0 spiro atoms. The van der Waals surface area contributed by atoms with Crippen LogP contribution in [0.5, 0.6) is 0 Å². The molecule has 2 aliphatic rings. The number of aliphatic hydroxyl groups excluding tert-OH is 1. The fraction of sp³-hybridized carbons (Fsp3) is 0.467. The summed E-state index contributed by atoms with van der Waals surface area (Å²) >= 11 is 0. The van der Waals surface area contributed by atoms with Gasteiger partial charge in [0.15, 0.2) is 5.78 Å². The van der Waals surface area contributed by atoms with Gasteiger partial charge in [-0.05, 0) is 24.0 Å². The van der Waals surface area contributed by atoms with Gasteiger partial charge in [0.2, 0.25) is 0 Å². The number of ketones is 1. The third kappa shape index (κ3) is 2.68. The molecule has 1 saturated heterocycles. The molecule has 1 saturated carbocycles. The molecule has 0 aromatic carbocycles. The van der Waals surface area contributed by atoms with Gasteiger partial charge in [-0.1, -0.05) is 19.7 Å². The van der Waals surface area contributed by atoms with E-state index in [4.69, 9.17) is 4.74 Å². The normalized spacial score (nSPS) is 33.1. The maximum absolute atomic E-state index is 11.9. The van der Waals surface area contributed by atoms with Crippen LogP contribution in [0.25, 0.3) is 0 Å². The second kappa shape index (κ2) is 5.13. The molecule has 3 atom stereocenters. The van der Waals surface area contributed by atoms with E-state index in [1.54, 1.807) is 0 Å². The lowest BCUT2D eigenvalue weighted by atomic mass is 9.83. The highest BCUT2D eigenvalue weighted by molar-refractivity contribution is 5.95. The Kier molecular flexibility index (Phi) is 3.71. The molecule has 2 rings (SSSR count). The van der Waals surface area contributed by atoms with E-state index in [1.807, 2.05) is 0 Å². The molecule has 102 valence electrons. The number of esters is 1. The summed E-state index contributed by atoms with van der Waals surface area (Å²) in [5, 5.41) is 10.1. The van der Waals surface area contributed by atoms with Crippen LogP contribution in [0.2, 0.25) is 0 Å². The van der Waals surface area contributed by atoms with Crippen molar-refractivity contribution in [3.05, 3.63) is 36.5 Å². The SMILES string of the molecule is C=C1C[C@H]2OC(=O)C(=C)[C@H]2C[C@@H](O)C(=C)CCC1=O. The molecule has 1 aliphatic heterocycles. The summed E-state index contributed by atoms with van der Waals surface area (Å²) in [4.78, 5) is 23.4. The lowest BCUT2D eigenvalue weighted by Gasteiger charge is -2.24. The number of Topliss-reactive ketones (excluding diaryl/α,β-unsaturated/α-hetero) is 1. The summed E-state index contributed by atoms with van der Waals surface area (Å²) in [6, 6.07) is 0. The minimum Gasteiger partial charge on any atom is -0.458 e. The van der Waals surface area contributed by atoms with Crippen molar-refractivity contribution in [2.75, 3.05) is 0 Å². The third-order valence-electron chi connectivity index (χ3n) is 3.88. The van der Waals surface area contributed by atoms with Crippen molar-refractivity contribution in [3.63, 3.8) is 0 Å². The average Bonchev–Trinajstić information content (AvgIpc) is 2.62. The van der Waals surface area contributed by atoms with Gasteiger partial charge in [-0.2, -0.15) is 0 Å². The first-order valence-corrected chi connectivity index (χ1v) is 6.36. The first-order chi connectivity index (χ1) is 8.90. The second-order valence-electron chi connectivity index (χ2n) is 5.22. The summed E-state index contributed by atoms with van der Waals surface area (Å²) in [7, 11) is 0. The fourth-order valence-corrected chi connectivity index (χ4v) is 2.53. The van der Waals surface area contributed by atoms with E-state index in [2.05, 4.69) is 19.7 Å². The number of rotatable bonds is 0. The van der Waals surface area contributed by atoms with E-state index < -0.39 is 18.2 Å². The summed E-state index contributed by atoms with van der Waals surface area (Å²) in [6.07, 6.45) is 0.219. The highest BCUT2D eigenvalue weighted by Crippen LogP contribution is 2.36. The van der Waals surface area contributed by atoms with Gasteiger partial charge in [0, 0.05) is 24.3 Å². The van der Waals surface area contributed by atoms with E-state index in [-0.39, 0.29) is 11.7 Å². The van der Waals surface area contributed by atoms with Crippen LogP contribution in [0, 0.1) is 5.92 Å². The van der Waals surface area contributed by atoms with Crippen LogP contribution in [0.4, 0.5) is 0 Å². The number of carbonyl (C=O) groups is 2. The summed E-state index contributed by atoms with van der Waals surface area (Å²) in [5.41, 5.74) is 1.42. The van der Waals surface area contributed by atoms with E-state index in [0.29, 0.717) is 42.4 Å². The summed E-state index contributed by atoms with van der Waals surface area (Å²) < 4.78 is 5.22. The Balaban J connectivity index is 2.27. The molecule has 0 aromatic rings. The van der Waals surface area contributed by atoms with Crippen molar-refractivity contribution in [1.29, 1.82) is 0 Å². The minimum absolute atomic E-state index is 0.0671. The smallest absolute Gasteiger partial charge is 0.334 e. The molecule has 1 N–H and O–H groups in total. The molecule has 0 aromatic heterocycles. The van der Waals surface area contributed by atoms with Crippen molar-refractivity contribution in [2.45, 2.75) is 37.9 Å². The van der Waals surface area contributed by atoms with Crippen LogP contribution < -0.4 is 0 Å². The van der Waals surface area contributed by atoms with Crippen LogP contribution in [-0.4, -0.2) is 29.1 Å². The van der Waals surface area contributed by atoms with Crippen LogP contribution in [0.15, 0.2) is 36.5 Å². The Morgan fingerprint density at radius 1 is 1.16 bits per heavy atom. The molecule has 1 aliphatic carbocycles. The van der Waals surface area contributed by atoms with Crippen molar-refractivity contribution in [3.8, 4) is 0 Å². The van der Waals surface area contributed by atoms with Crippen molar-refractivity contribution in [1.82, 2.24) is 0 Å². The minimum atomic E-state index is -0.738. The van der Waals surface area contributed by atoms with Crippen molar-refractivity contribution in [2.24, 2.45) is 5.92 Å². The van der Waals surface area contributed by atoms with E-state index in [9.17, 15) is 14.7 Å². The van der Waals surface area contributed by atoms with E-state index in [0.717, 1.165) is 0 Å². The Hall–Kier alpha value is -1.68. The number of hydrogen-bond donors (Lipinski definition) is 1. The maximum atomic E-state index is 11.9. The van der Waals surface area contributed by atoms with Gasteiger partial charge >= 0.3 is 5.97 Å². The molecule has 4 nitrogen and oxygen atoms in total. The topological polar surface area (TPSA) is 63.6 Å². The zero-order chi connectivity index (χ0) is 14.2. The molecule has 19 heavy (non-hydrogen) atoms. The number of fused-ring (bicyclic) bond motifs is 1. The average molecular weight is 262 g/mol. The largest absolute Gasteiger partial charge is 0.458 e. The van der Waals surface area contributed by atoms with Crippen LogP contribution in [-0.2, 0) is 14.3 Å². The molecule has 0 unspecified atom stereocenters. The lowest BCUT2D eigenvalue weighted by Crippen LogP contribution is -2.26. The Bertz CT molecular complexity index is 475. The third-order valence-corrected chi connectivity index (χ3v) is 3.88. The Morgan fingerprint density at radius 3 is 2.53 bits per heavy atom. The monoisotopic (exact) mass is 262 g/mol. The highest BCUT2D eigenvalue weighted by atomic mass is 16.6. The molecule has 0 radical (unpaired) electrons. The van der Waals surface area contributed by atoms with Crippen molar-refractivity contribution < 1.29 is 19.4 Å². The summed E-state index contributed by atoms with van der Waals surface area (Å²) in [6.45, 7) is 11.3. The first kappa shape index (κ1) is 13.7. The van der Waals surface area contributed by atoms with Crippen molar-refractivity contribution >= 4 is 11.8 Å². The number of ether oxygens (including phenoxy) is 1. The number of aliphatic hydroxyl groups is 1.